The maximum atomic E-state index is 12.6. The lowest BCUT2D eigenvalue weighted by molar-refractivity contribution is -0.122. The van der Waals surface area contributed by atoms with E-state index in [9.17, 15) is 4.79 Å². The predicted molar refractivity (Wildman–Crippen MR) is 111 cm³/mol. The van der Waals surface area contributed by atoms with Gasteiger partial charge in [-0.15, -0.1) is 0 Å². The van der Waals surface area contributed by atoms with Crippen LogP contribution in [0.2, 0.25) is 5.02 Å². The average molecular weight is 416 g/mol. The van der Waals surface area contributed by atoms with Gasteiger partial charge in [-0.2, -0.15) is 0 Å². The van der Waals surface area contributed by atoms with Crippen LogP contribution < -0.4 is 14.8 Å². The molecule has 1 unspecified atom stereocenters. The molecule has 0 spiro atoms. The second-order valence-electron chi connectivity index (χ2n) is 6.77. The summed E-state index contributed by atoms with van der Waals surface area (Å²) < 4.78 is 15.9. The molecule has 7 nitrogen and oxygen atoms in total. The van der Waals surface area contributed by atoms with E-state index in [0.717, 1.165) is 28.0 Å². The number of hydrogen-bond acceptors (Lipinski definition) is 6. The molecular formula is C21H22ClN3O4. The summed E-state index contributed by atoms with van der Waals surface area (Å²) in [6, 6.07) is 9.11. The smallest absolute Gasteiger partial charge is 0.266 e. The van der Waals surface area contributed by atoms with Crippen LogP contribution in [0.5, 0.6) is 11.5 Å². The number of nitrogens with zero attached hydrogens (tertiary/aromatic N) is 2. The highest BCUT2D eigenvalue weighted by Gasteiger charge is 2.21. The zero-order valence-electron chi connectivity index (χ0n) is 16.9. The maximum Gasteiger partial charge on any atom is 0.266 e. The van der Waals surface area contributed by atoms with Crippen LogP contribution in [0.25, 0.3) is 11.3 Å². The van der Waals surface area contributed by atoms with E-state index in [0.29, 0.717) is 16.5 Å². The summed E-state index contributed by atoms with van der Waals surface area (Å²) in [6.45, 7) is 7.34. The number of aryl methyl sites for hydroxylation is 3. The van der Waals surface area contributed by atoms with E-state index in [1.54, 1.807) is 26.2 Å². The zero-order valence-corrected chi connectivity index (χ0v) is 17.6. The highest BCUT2D eigenvalue weighted by molar-refractivity contribution is 6.32. The van der Waals surface area contributed by atoms with Crippen LogP contribution in [-0.2, 0) is 4.79 Å². The van der Waals surface area contributed by atoms with Crippen molar-refractivity contribution >= 4 is 23.3 Å². The van der Waals surface area contributed by atoms with Crippen LogP contribution >= 0.6 is 11.6 Å². The van der Waals surface area contributed by atoms with E-state index < -0.39 is 6.10 Å². The highest BCUT2D eigenvalue weighted by atomic mass is 35.5. The fourth-order valence-corrected chi connectivity index (χ4v) is 3.04. The molecule has 0 saturated heterocycles. The Kier molecular flexibility index (Phi) is 6.08. The molecule has 1 atom stereocenters. The van der Waals surface area contributed by atoms with E-state index in [4.69, 9.17) is 25.7 Å². The fraction of sp³-hybridized carbons (Fsp3) is 0.286. The lowest BCUT2D eigenvalue weighted by Crippen LogP contribution is -2.30. The summed E-state index contributed by atoms with van der Waals surface area (Å²) in [7, 11) is 1.61. The minimum Gasteiger partial charge on any atom is -0.496 e. The van der Waals surface area contributed by atoms with Crippen molar-refractivity contribution in [1.82, 2.24) is 10.3 Å². The summed E-state index contributed by atoms with van der Waals surface area (Å²) in [4.78, 5) is 12.6. The number of amides is 1. The highest BCUT2D eigenvalue weighted by Crippen LogP contribution is 2.29. The molecule has 1 heterocycles. The van der Waals surface area contributed by atoms with Gasteiger partial charge in [-0.05, 0) is 85.0 Å². The molecule has 0 radical (unpaired) electrons. The number of aromatic nitrogens is 2. The van der Waals surface area contributed by atoms with E-state index in [-0.39, 0.29) is 11.7 Å². The van der Waals surface area contributed by atoms with Crippen LogP contribution in [0.3, 0.4) is 0 Å². The van der Waals surface area contributed by atoms with Crippen molar-refractivity contribution in [3.8, 4) is 22.8 Å². The van der Waals surface area contributed by atoms with E-state index >= 15 is 0 Å². The number of benzene rings is 2. The minimum absolute atomic E-state index is 0.221. The van der Waals surface area contributed by atoms with Gasteiger partial charge in [0.25, 0.3) is 5.91 Å². The van der Waals surface area contributed by atoms with E-state index in [2.05, 4.69) is 15.6 Å². The normalized spacial score (nSPS) is 11.8. The van der Waals surface area contributed by atoms with Gasteiger partial charge >= 0.3 is 0 Å². The lowest BCUT2D eigenvalue weighted by Gasteiger charge is -2.15. The monoisotopic (exact) mass is 415 g/mol. The number of hydrogen-bond donors (Lipinski definition) is 1. The van der Waals surface area contributed by atoms with E-state index in [1.807, 2.05) is 39.0 Å². The maximum absolute atomic E-state index is 12.6. The molecule has 0 aliphatic rings. The third-order valence-corrected chi connectivity index (χ3v) is 5.09. The largest absolute Gasteiger partial charge is 0.496 e. The van der Waals surface area contributed by atoms with Crippen molar-refractivity contribution in [2.75, 3.05) is 12.4 Å². The Morgan fingerprint density at radius 2 is 1.79 bits per heavy atom. The Morgan fingerprint density at radius 1 is 1.10 bits per heavy atom. The summed E-state index contributed by atoms with van der Waals surface area (Å²) >= 11 is 6.18. The number of rotatable bonds is 6. The van der Waals surface area contributed by atoms with E-state index in [1.165, 1.54) is 0 Å². The van der Waals surface area contributed by atoms with Crippen LogP contribution in [0.15, 0.2) is 35.0 Å². The van der Waals surface area contributed by atoms with Gasteiger partial charge in [0.1, 0.15) is 11.5 Å². The Hall–Kier alpha value is -3.06. The first kappa shape index (κ1) is 20.7. The summed E-state index contributed by atoms with van der Waals surface area (Å²) in [5, 5.41) is 11.1. The molecule has 8 heteroatoms. The van der Waals surface area contributed by atoms with Gasteiger partial charge in [0.05, 0.1) is 7.11 Å². The standard InChI is InChI=1S/C21H22ClN3O4/c1-11-8-15(6-7-17(11)27-5)19-20(25-29-24-19)23-21(26)14(4)28-16-9-12(2)18(22)13(3)10-16/h6-10,14H,1-5H3,(H,23,25,26). The SMILES string of the molecule is COc1ccc(-c2nonc2NC(=O)C(C)Oc2cc(C)c(Cl)c(C)c2)cc1C. The third kappa shape index (κ3) is 4.51. The van der Waals surface area contributed by atoms with Gasteiger partial charge in [-0.25, -0.2) is 4.63 Å². The molecular weight excluding hydrogens is 394 g/mol. The van der Waals surface area contributed by atoms with Crippen molar-refractivity contribution in [3.05, 3.63) is 52.0 Å². The quantitative estimate of drug-likeness (QED) is 0.626. The zero-order chi connectivity index (χ0) is 21.1. The van der Waals surface area contributed by atoms with Crippen molar-refractivity contribution in [2.45, 2.75) is 33.8 Å². The molecule has 3 rings (SSSR count). The molecule has 0 aliphatic carbocycles. The van der Waals surface area contributed by atoms with Gasteiger partial charge < -0.3 is 14.8 Å². The van der Waals surface area contributed by atoms with Crippen molar-refractivity contribution in [2.24, 2.45) is 0 Å². The Morgan fingerprint density at radius 3 is 2.41 bits per heavy atom. The van der Waals surface area contributed by atoms with Crippen LogP contribution in [0.4, 0.5) is 5.82 Å². The topological polar surface area (TPSA) is 86.5 Å². The second kappa shape index (κ2) is 8.53. The molecule has 0 bridgehead atoms. The minimum atomic E-state index is -0.767. The third-order valence-electron chi connectivity index (χ3n) is 4.49. The van der Waals surface area contributed by atoms with Crippen LogP contribution in [-0.4, -0.2) is 29.4 Å². The Bertz CT molecular complexity index is 1030. The summed E-state index contributed by atoms with van der Waals surface area (Å²) in [5.74, 6) is 1.17. The molecule has 152 valence electrons. The summed E-state index contributed by atoms with van der Waals surface area (Å²) in [5.41, 5.74) is 3.86. The first-order valence-electron chi connectivity index (χ1n) is 9.02. The number of anilines is 1. The number of carbonyl (C=O) groups excluding carboxylic acids is 1. The van der Waals surface area contributed by atoms with Gasteiger partial charge in [0.2, 0.25) is 5.82 Å². The van der Waals surface area contributed by atoms with Gasteiger partial charge in [0, 0.05) is 10.6 Å². The summed E-state index contributed by atoms with van der Waals surface area (Å²) in [6.07, 6.45) is -0.767. The van der Waals surface area contributed by atoms with Crippen molar-refractivity contribution in [1.29, 1.82) is 0 Å². The first-order valence-corrected chi connectivity index (χ1v) is 9.39. The number of halogens is 1. The molecule has 29 heavy (non-hydrogen) atoms. The molecule has 1 aromatic heterocycles. The predicted octanol–water partition coefficient (Wildman–Crippen LogP) is 4.73. The van der Waals surface area contributed by atoms with Gasteiger partial charge in [-0.1, -0.05) is 11.6 Å². The van der Waals surface area contributed by atoms with Gasteiger partial charge in [-0.3, -0.25) is 4.79 Å². The molecule has 3 aromatic rings. The number of ether oxygens (including phenoxy) is 2. The molecule has 1 amide bonds. The number of methoxy groups -OCH3 is 1. The molecule has 2 aromatic carbocycles. The first-order chi connectivity index (χ1) is 13.8. The molecule has 0 fully saturated rings. The lowest BCUT2D eigenvalue weighted by atomic mass is 10.1. The Balaban J connectivity index is 1.75. The Labute approximate surface area is 173 Å². The van der Waals surface area contributed by atoms with Crippen LogP contribution in [0.1, 0.15) is 23.6 Å². The molecule has 0 aliphatic heterocycles. The second-order valence-corrected chi connectivity index (χ2v) is 7.14. The average Bonchev–Trinajstić information content (AvgIpc) is 3.14. The molecule has 1 N–H and O–H groups in total. The van der Waals surface area contributed by atoms with Crippen LogP contribution in [0, 0.1) is 20.8 Å². The molecule has 0 saturated carbocycles. The van der Waals surface area contributed by atoms with Gasteiger partial charge in [0.15, 0.2) is 11.8 Å². The number of nitrogens with one attached hydrogen (secondary N) is 1. The van der Waals surface area contributed by atoms with Crippen molar-refractivity contribution < 1.29 is 18.9 Å². The fourth-order valence-electron chi connectivity index (χ4n) is 2.94. The van der Waals surface area contributed by atoms with Crippen molar-refractivity contribution in [3.63, 3.8) is 0 Å². The number of carbonyl (C=O) groups is 1.